The Balaban J connectivity index is 4.07. The van der Waals surface area contributed by atoms with Gasteiger partial charge in [-0.25, -0.2) is 4.79 Å². The van der Waals surface area contributed by atoms with Crippen molar-refractivity contribution in [2.45, 2.75) is 13.3 Å². The summed E-state index contributed by atoms with van der Waals surface area (Å²) in [6.45, 7) is 2.43. The van der Waals surface area contributed by atoms with E-state index in [0.717, 1.165) is 12.6 Å². The van der Waals surface area contributed by atoms with Crippen LogP contribution in [0.4, 0.5) is 4.79 Å². The first-order valence-corrected chi connectivity index (χ1v) is 4.06. The summed E-state index contributed by atoms with van der Waals surface area (Å²) in [5, 5.41) is 13.1. The molecule has 0 atom stereocenters. The van der Waals surface area contributed by atoms with Crippen molar-refractivity contribution in [3.63, 3.8) is 0 Å². The van der Waals surface area contributed by atoms with Crippen LogP contribution in [0.25, 0.3) is 0 Å². The highest BCUT2D eigenvalue weighted by Gasteiger charge is 2.03. The minimum Gasteiger partial charge on any atom is -0.365 e. The van der Waals surface area contributed by atoms with E-state index < -0.39 is 11.9 Å². The molecule has 14 heavy (non-hydrogen) atoms. The Morgan fingerprint density at radius 2 is 2.21 bits per heavy atom. The molecule has 0 aliphatic rings. The van der Waals surface area contributed by atoms with Crippen LogP contribution < -0.4 is 16.4 Å². The fourth-order valence-corrected chi connectivity index (χ4v) is 0.586. The summed E-state index contributed by atoms with van der Waals surface area (Å²) in [7, 11) is 0. The van der Waals surface area contributed by atoms with E-state index in [2.05, 4.69) is 10.6 Å². The standard InChI is InChI=1S/C8H12N4O2/c1-2-3-11-8(14)12-5-6(4-9)7(10)13/h5H,2-3H2,1H3,(H2,10,13)(H2,11,12,14)/b6-5+. The van der Waals surface area contributed by atoms with Crippen LogP contribution >= 0.6 is 0 Å². The van der Waals surface area contributed by atoms with Crippen LogP contribution in [0, 0.1) is 11.3 Å². The maximum atomic E-state index is 10.9. The van der Waals surface area contributed by atoms with Gasteiger partial charge >= 0.3 is 6.03 Å². The lowest BCUT2D eigenvalue weighted by atomic mass is 10.3. The number of amides is 3. The highest BCUT2D eigenvalue weighted by Crippen LogP contribution is 1.86. The molecule has 0 heterocycles. The van der Waals surface area contributed by atoms with Gasteiger partial charge in [0.25, 0.3) is 5.91 Å². The van der Waals surface area contributed by atoms with Gasteiger partial charge in [0.15, 0.2) is 0 Å². The van der Waals surface area contributed by atoms with Crippen LogP contribution in [0.2, 0.25) is 0 Å². The van der Waals surface area contributed by atoms with Crippen molar-refractivity contribution >= 4 is 11.9 Å². The number of hydrogen-bond acceptors (Lipinski definition) is 3. The molecule has 0 spiro atoms. The lowest BCUT2D eigenvalue weighted by Crippen LogP contribution is -2.33. The first kappa shape index (κ1) is 12.0. The van der Waals surface area contributed by atoms with Gasteiger partial charge in [-0.2, -0.15) is 5.26 Å². The van der Waals surface area contributed by atoms with E-state index in [1.54, 1.807) is 6.07 Å². The quantitative estimate of drug-likeness (QED) is 0.420. The molecular weight excluding hydrogens is 184 g/mol. The molecule has 4 N–H and O–H groups in total. The summed E-state index contributed by atoms with van der Waals surface area (Å²) in [4.78, 5) is 21.4. The lowest BCUT2D eigenvalue weighted by molar-refractivity contribution is -0.114. The van der Waals surface area contributed by atoms with Crippen LogP contribution in [0.1, 0.15) is 13.3 Å². The molecule has 0 aliphatic heterocycles. The molecule has 0 aromatic heterocycles. The van der Waals surface area contributed by atoms with Gasteiger partial charge < -0.3 is 16.4 Å². The lowest BCUT2D eigenvalue weighted by Gasteiger charge is -2.01. The van der Waals surface area contributed by atoms with Gasteiger partial charge in [-0.15, -0.1) is 0 Å². The maximum absolute atomic E-state index is 10.9. The Morgan fingerprint density at radius 3 is 2.64 bits per heavy atom. The number of nitrogens with two attached hydrogens (primary N) is 1. The van der Waals surface area contributed by atoms with Crippen LogP contribution in [0.15, 0.2) is 11.8 Å². The molecule has 0 bridgehead atoms. The molecule has 6 nitrogen and oxygen atoms in total. The van der Waals surface area contributed by atoms with E-state index >= 15 is 0 Å². The molecule has 0 rings (SSSR count). The van der Waals surface area contributed by atoms with Crippen molar-refractivity contribution in [1.82, 2.24) is 10.6 Å². The number of hydrogen-bond donors (Lipinski definition) is 3. The number of nitrogens with one attached hydrogen (secondary N) is 2. The second-order valence-corrected chi connectivity index (χ2v) is 2.43. The number of carbonyl (C=O) groups is 2. The largest absolute Gasteiger partial charge is 0.365 e. The van der Waals surface area contributed by atoms with Gasteiger partial charge in [-0.05, 0) is 6.42 Å². The predicted molar refractivity (Wildman–Crippen MR) is 49.7 cm³/mol. The minimum absolute atomic E-state index is 0.295. The summed E-state index contributed by atoms with van der Waals surface area (Å²) in [5.41, 5.74) is 4.54. The van der Waals surface area contributed by atoms with Crippen LogP contribution in [0.3, 0.4) is 0 Å². The summed E-state index contributed by atoms with van der Waals surface area (Å²) in [6.07, 6.45) is 1.78. The van der Waals surface area contributed by atoms with Crippen LogP contribution in [0.5, 0.6) is 0 Å². The molecule has 3 amide bonds. The summed E-state index contributed by atoms with van der Waals surface area (Å²) in [5.74, 6) is -0.872. The molecule has 0 radical (unpaired) electrons. The number of primary amides is 1. The second kappa shape index (κ2) is 6.48. The van der Waals surface area contributed by atoms with Crippen molar-refractivity contribution in [1.29, 1.82) is 5.26 Å². The first-order valence-electron chi connectivity index (χ1n) is 4.06. The van der Waals surface area contributed by atoms with Crippen molar-refractivity contribution in [3.8, 4) is 6.07 Å². The SMILES string of the molecule is CCCNC(=O)N/C=C(\C#N)C(N)=O. The molecule has 0 saturated heterocycles. The Kier molecular flexibility index (Phi) is 5.54. The number of nitriles is 1. The molecule has 0 saturated carbocycles. The summed E-state index contributed by atoms with van der Waals surface area (Å²) in [6, 6.07) is 1.09. The van der Waals surface area contributed by atoms with E-state index in [1.165, 1.54) is 0 Å². The summed E-state index contributed by atoms with van der Waals surface area (Å²) >= 11 is 0. The van der Waals surface area contributed by atoms with Gasteiger partial charge in [0.1, 0.15) is 11.6 Å². The topological polar surface area (TPSA) is 108 Å². The third kappa shape index (κ3) is 4.77. The van der Waals surface area contributed by atoms with E-state index in [-0.39, 0.29) is 5.57 Å². The van der Waals surface area contributed by atoms with Crippen molar-refractivity contribution in [3.05, 3.63) is 11.8 Å². The highest BCUT2D eigenvalue weighted by molar-refractivity contribution is 5.96. The normalized spacial score (nSPS) is 10.1. The molecule has 0 aliphatic carbocycles. The molecule has 76 valence electrons. The average molecular weight is 196 g/mol. The predicted octanol–water partition coefficient (Wildman–Crippen LogP) is -0.412. The van der Waals surface area contributed by atoms with Crippen LogP contribution in [-0.4, -0.2) is 18.5 Å². The van der Waals surface area contributed by atoms with E-state index in [4.69, 9.17) is 11.0 Å². The zero-order valence-corrected chi connectivity index (χ0v) is 7.83. The molecule has 0 fully saturated rings. The van der Waals surface area contributed by atoms with Gasteiger partial charge in [0, 0.05) is 12.7 Å². The van der Waals surface area contributed by atoms with Gasteiger partial charge in [-0.1, -0.05) is 6.92 Å². The fraction of sp³-hybridized carbons (Fsp3) is 0.375. The maximum Gasteiger partial charge on any atom is 0.318 e. The van der Waals surface area contributed by atoms with Crippen molar-refractivity contribution in [2.24, 2.45) is 5.73 Å². The Morgan fingerprint density at radius 1 is 1.57 bits per heavy atom. The van der Waals surface area contributed by atoms with E-state index in [1.807, 2.05) is 6.92 Å². The molecule has 0 unspecified atom stereocenters. The zero-order chi connectivity index (χ0) is 11.0. The number of nitrogens with zero attached hydrogens (tertiary/aromatic N) is 1. The van der Waals surface area contributed by atoms with Gasteiger partial charge in [0.2, 0.25) is 0 Å². The smallest absolute Gasteiger partial charge is 0.318 e. The molecule has 0 aromatic carbocycles. The number of carbonyl (C=O) groups excluding carboxylic acids is 2. The Hall–Kier alpha value is -2.03. The first-order chi connectivity index (χ1) is 6.61. The molecule has 6 heteroatoms. The molecule has 0 aromatic rings. The third-order valence-corrected chi connectivity index (χ3v) is 1.27. The fourth-order valence-electron chi connectivity index (χ4n) is 0.586. The second-order valence-electron chi connectivity index (χ2n) is 2.43. The van der Waals surface area contributed by atoms with E-state index in [0.29, 0.717) is 6.54 Å². The minimum atomic E-state index is -0.872. The van der Waals surface area contributed by atoms with Gasteiger partial charge in [-0.3, -0.25) is 4.79 Å². The number of urea groups is 1. The molecular formula is C8H12N4O2. The van der Waals surface area contributed by atoms with Crippen molar-refractivity contribution in [2.75, 3.05) is 6.54 Å². The monoisotopic (exact) mass is 196 g/mol. The Labute approximate surface area is 81.8 Å². The summed E-state index contributed by atoms with van der Waals surface area (Å²) < 4.78 is 0. The Bertz CT molecular complexity index is 290. The third-order valence-electron chi connectivity index (χ3n) is 1.27. The van der Waals surface area contributed by atoms with Gasteiger partial charge in [0.05, 0.1) is 0 Å². The van der Waals surface area contributed by atoms with Crippen molar-refractivity contribution < 1.29 is 9.59 Å². The van der Waals surface area contributed by atoms with Crippen LogP contribution in [-0.2, 0) is 4.79 Å². The number of rotatable bonds is 4. The zero-order valence-electron chi connectivity index (χ0n) is 7.83. The average Bonchev–Trinajstić information content (AvgIpc) is 2.15. The van der Waals surface area contributed by atoms with E-state index in [9.17, 15) is 9.59 Å². The highest BCUT2D eigenvalue weighted by atomic mass is 16.2.